The van der Waals surface area contributed by atoms with Gasteiger partial charge >= 0.3 is 0 Å². The van der Waals surface area contributed by atoms with Gasteiger partial charge in [-0.05, 0) is 8.55 Å². The maximum absolute atomic E-state index is 6.25. The number of rotatable bonds is 0. The molecule has 1 heterocycles. The smallest absolute Gasteiger partial charge is 0.152 e. The zero-order valence-electron chi connectivity index (χ0n) is 5.89. The molecule has 12 heteroatoms. The molecule has 0 aromatic rings. The third-order valence-corrected chi connectivity index (χ3v) is 154. The molecule has 0 amide bonds. The quantitative estimate of drug-likeness (QED) is 0.413. The summed E-state index contributed by atoms with van der Waals surface area (Å²) >= 11 is 37.4. The van der Waals surface area contributed by atoms with E-state index in [0.29, 0.717) is 0 Å². The average molecular weight is 387 g/mol. The Kier molecular flexibility index (Phi) is 4.51. The zero-order chi connectivity index (χ0) is 9.62. The molecule has 1 rings (SSSR count). The lowest BCUT2D eigenvalue weighted by atomic mass is 26.0. The van der Waals surface area contributed by atoms with Crippen LogP contribution in [0.25, 0.3) is 0 Å². The molecule has 0 atom stereocenters. The fourth-order valence-corrected chi connectivity index (χ4v) is 271. The Morgan fingerprint density at radius 1 is 0.667 bits per heavy atom. The van der Waals surface area contributed by atoms with Crippen molar-refractivity contribution in [2.75, 3.05) is 0 Å². The molecule has 0 unspecified atom stereocenters. The van der Waals surface area contributed by atoms with E-state index in [1.807, 2.05) is 0 Å². The number of halogens is 6. The van der Waals surface area contributed by atoms with Crippen molar-refractivity contribution in [2.24, 2.45) is 0 Å². The first-order chi connectivity index (χ1) is 5.21. The summed E-state index contributed by atoms with van der Waals surface area (Å²) in [7, 11) is -0.634. The van der Waals surface area contributed by atoms with Crippen LogP contribution in [0.2, 0.25) is 0 Å². The maximum atomic E-state index is 6.25. The van der Waals surface area contributed by atoms with Gasteiger partial charge < -0.3 is 0 Å². The highest BCUT2D eigenvalue weighted by Gasteiger charge is 2.68. The summed E-state index contributed by atoms with van der Waals surface area (Å²) in [4.78, 5) is 0. The van der Waals surface area contributed by atoms with Gasteiger partial charge in [-0.2, -0.15) is 44.3 Å². The van der Waals surface area contributed by atoms with Crippen LogP contribution in [0.4, 0.5) is 0 Å². The highest BCUT2D eigenvalue weighted by molar-refractivity contribution is 8.31. The van der Waals surface area contributed by atoms with Crippen molar-refractivity contribution in [3.63, 3.8) is 0 Å². The third-order valence-electron chi connectivity index (χ3n) is 1.90. The summed E-state index contributed by atoms with van der Waals surface area (Å²) in [6.45, 7) is 0. The minimum absolute atomic E-state index is 0.0294. The lowest BCUT2D eigenvalue weighted by molar-refractivity contribution is 3.25. The Morgan fingerprint density at radius 3 is 1.25 bits per heavy atom. The van der Waals surface area contributed by atoms with Crippen LogP contribution in [-0.4, -0.2) is 42.8 Å². The fourth-order valence-electron chi connectivity index (χ4n) is 1.11. The van der Waals surface area contributed by atoms with Gasteiger partial charge in [0, 0.05) is 17.1 Å². The van der Waals surface area contributed by atoms with Gasteiger partial charge in [0.15, 0.2) is 0 Å². The molecular weight excluding hydrogens is 381 g/mol. The topological polar surface area (TPSA) is 0 Å². The van der Waals surface area contributed by atoms with Crippen molar-refractivity contribution >= 4 is 109 Å². The minimum atomic E-state index is -2.60. The summed E-state index contributed by atoms with van der Waals surface area (Å²) in [5, 5.41) is 0. The largest absolute Gasteiger partial charge is 0.288 e. The fraction of sp³-hybridized carbons (Fsp3) is 0. The van der Waals surface area contributed by atoms with E-state index >= 15 is 0 Å². The minimum Gasteiger partial charge on any atom is -0.152 e. The molecule has 0 bridgehead atoms. The van der Waals surface area contributed by atoms with Crippen LogP contribution in [0.5, 0.6) is 0 Å². The second kappa shape index (κ2) is 4.13. The Hall–Kier alpha value is 3.04. The molecule has 1 aliphatic rings. The van der Waals surface area contributed by atoms with Crippen LogP contribution >= 0.6 is 66.5 Å². The summed E-state index contributed by atoms with van der Waals surface area (Å²) in [5.41, 5.74) is -7.22. The normalized spacial score (nSPS) is 37.5. The molecule has 1 fully saturated rings. The van der Waals surface area contributed by atoms with Gasteiger partial charge in [-0.1, -0.05) is 0 Å². The molecule has 0 aliphatic carbocycles. The molecule has 0 aromatic heterocycles. The predicted octanol–water partition coefficient (Wildman–Crippen LogP) is 0.246. The van der Waals surface area contributed by atoms with E-state index < -0.39 is 17.2 Å². The van der Waals surface area contributed by atoms with E-state index in [0.717, 1.165) is 0 Å². The highest BCUT2D eigenvalue weighted by atomic mass is 35.8. The van der Waals surface area contributed by atoms with E-state index in [2.05, 4.69) is 0 Å². The van der Waals surface area contributed by atoms with Gasteiger partial charge in [0.25, 0.3) is 17.2 Å². The highest BCUT2D eigenvalue weighted by Crippen LogP contribution is 2.44. The van der Waals surface area contributed by atoms with E-state index in [1.54, 1.807) is 0 Å². The SMILES string of the molecule is Cl[Si]1(Cl)[SiH2][SiH2][SiH2][Si](Cl)(Cl)[Si]1(Cl)Cl. The van der Waals surface area contributed by atoms with E-state index in [9.17, 15) is 0 Å². The van der Waals surface area contributed by atoms with E-state index in [4.69, 9.17) is 66.5 Å². The Bertz CT molecular complexity index is 166. The lowest BCUT2D eigenvalue weighted by Gasteiger charge is -2.39. The van der Waals surface area contributed by atoms with Crippen LogP contribution < -0.4 is 0 Å². The van der Waals surface area contributed by atoms with Crippen molar-refractivity contribution in [3.05, 3.63) is 0 Å². The molecule has 12 heavy (non-hydrogen) atoms. The summed E-state index contributed by atoms with van der Waals surface area (Å²) in [6.07, 6.45) is 0. The molecule has 1 aliphatic heterocycles. The van der Waals surface area contributed by atoms with Gasteiger partial charge in [0.1, 0.15) is 0 Å². The van der Waals surface area contributed by atoms with Gasteiger partial charge in [-0.3, -0.25) is 0 Å². The van der Waals surface area contributed by atoms with E-state index in [-0.39, 0.29) is 25.7 Å². The number of hydrogen-bond donors (Lipinski definition) is 0. The summed E-state index contributed by atoms with van der Waals surface area (Å²) in [5.74, 6) is 0. The summed E-state index contributed by atoms with van der Waals surface area (Å²) in [6, 6.07) is 0. The third kappa shape index (κ3) is 2.24. The predicted molar refractivity (Wildman–Crippen MR) is 78.0 cm³/mol. The molecule has 0 spiro atoms. The standard InChI is InChI=1S/Cl6H6Si6/c1-10(2)8-7-9-11(3,4)12(10,5)6/h7-9H2. The van der Waals surface area contributed by atoms with Gasteiger partial charge in [-0.15, -0.1) is 22.2 Å². The van der Waals surface area contributed by atoms with Crippen LogP contribution in [-0.2, 0) is 0 Å². The van der Waals surface area contributed by atoms with Crippen LogP contribution in [0.3, 0.4) is 0 Å². The first-order valence-electron chi connectivity index (χ1n) is 3.34. The Labute approximate surface area is 108 Å². The van der Waals surface area contributed by atoms with Crippen molar-refractivity contribution in [2.45, 2.75) is 0 Å². The second-order valence-electron chi connectivity index (χ2n) is 2.84. The van der Waals surface area contributed by atoms with Gasteiger partial charge in [0.2, 0.25) is 0 Å². The Balaban J connectivity index is 2.99. The van der Waals surface area contributed by atoms with Crippen molar-refractivity contribution < 1.29 is 0 Å². The zero-order valence-corrected chi connectivity index (χ0v) is 17.7. The summed E-state index contributed by atoms with van der Waals surface area (Å²) < 4.78 is 0. The van der Waals surface area contributed by atoms with E-state index in [1.165, 1.54) is 0 Å². The molecular formula is H6Cl6Si6. The molecule has 0 saturated carbocycles. The van der Waals surface area contributed by atoms with Crippen LogP contribution in [0, 0.1) is 0 Å². The molecule has 0 radical (unpaired) electrons. The molecule has 72 valence electrons. The molecule has 0 nitrogen and oxygen atoms in total. The van der Waals surface area contributed by atoms with Crippen molar-refractivity contribution in [1.29, 1.82) is 0 Å². The average Bonchev–Trinajstić information content (AvgIpc) is 1.83. The van der Waals surface area contributed by atoms with Crippen molar-refractivity contribution in [1.82, 2.24) is 0 Å². The monoisotopic (exact) mass is 384 g/mol. The molecule has 0 N–H and O–H groups in total. The first-order valence-corrected chi connectivity index (χ1v) is 30.1. The van der Waals surface area contributed by atoms with Crippen LogP contribution in [0.1, 0.15) is 0 Å². The van der Waals surface area contributed by atoms with Gasteiger partial charge in [-0.25, -0.2) is 0 Å². The van der Waals surface area contributed by atoms with Crippen LogP contribution in [0.15, 0.2) is 0 Å². The number of hydrogen-bond acceptors (Lipinski definition) is 0. The Morgan fingerprint density at radius 2 is 1.00 bits per heavy atom. The molecule has 1 saturated heterocycles. The maximum Gasteiger partial charge on any atom is 0.288 e. The van der Waals surface area contributed by atoms with Gasteiger partial charge in [0.05, 0.1) is 0 Å². The molecule has 0 aromatic carbocycles. The first kappa shape index (κ1) is 13.1. The second-order valence-corrected chi connectivity index (χ2v) is 76.6. The van der Waals surface area contributed by atoms with Crippen molar-refractivity contribution in [3.8, 4) is 0 Å². The lowest BCUT2D eigenvalue weighted by Crippen LogP contribution is -2.74.